The molecule has 5 nitrogen and oxygen atoms in total. The molecule has 5 heteroatoms. The molecule has 0 aliphatic rings. The highest BCUT2D eigenvalue weighted by Gasteiger charge is 2.09. The molecule has 0 bridgehead atoms. The van der Waals surface area contributed by atoms with Gasteiger partial charge in [0.2, 0.25) is 5.95 Å². The molecule has 0 fully saturated rings. The fourth-order valence-corrected chi connectivity index (χ4v) is 2.87. The molecule has 4 aromatic rings. The summed E-state index contributed by atoms with van der Waals surface area (Å²) in [6, 6.07) is 16.1. The molecule has 0 atom stereocenters. The van der Waals surface area contributed by atoms with Crippen LogP contribution in [0.4, 0.5) is 5.95 Å². The predicted octanol–water partition coefficient (Wildman–Crippen LogP) is 3.86. The average Bonchev–Trinajstić information content (AvgIpc) is 3.12. The maximum absolute atomic E-state index is 4.61. The lowest BCUT2D eigenvalue weighted by molar-refractivity contribution is 0.852. The van der Waals surface area contributed by atoms with Crippen molar-refractivity contribution in [3.8, 4) is 0 Å². The van der Waals surface area contributed by atoms with Crippen molar-refractivity contribution in [2.24, 2.45) is 12.0 Å². The van der Waals surface area contributed by atoms with Gasteiger partial charge in [0.1, 0.15) is 0 Å². The van der Waals surface area contributed by atoms with Gasteiger partial charge in [-0.05, 0) is 24.3 Å². The second-order valence-corrected chi connectivity index (χ2v) is 5.58. The number of allylic oxidation sites excluding steroid dienone is 1. The number of nitrogens with zero attached hydrogens (tertiary/aromatic N) is 5. The van der Waals surface area contributed by atoms with E-state index >= 15 is 0 Å². The molecule has 0 N–H and O–H groups in total. The van der Waals surface area contributed by atoms with E-state index in [1.807, 2.05) is 70.8 Å². The van der Waals surface area contributed by atoms with Crippen LogP contribution in [-0.4, -0.2) is 25.3 Å². The molecular weight excluding hydrogens is 298 g/mol. The molecule has 0 radical (unpaired) electrons. The summed E-state index contributed by atoms with van der Waals surface area (Å²) in [6.07, 6.45) is 3.61. The fraction of sp³-hybridized carbons (Fsp3) is 0.105. The Hall–Kier alpha value is -3.21. The van der Waals surface area contributed by atoms with Crippen molar-refractivity contribution in [2.75, 3.05) is 0 Å². The third-order valence-electron chi connectivity index (χ3n) is 4.06. The van der Waals surface area contributed by atoms with E-state index in [-0.39, 0.29) is 0 Å². The van der Waals surface area contributed by atoms with E-state index in [9.17, 15) is 0 Å². The van der Waals surface area contributed by atoms with Gasteiger partial charge >= 0.3 is 0 Å². The quantitative estimate of drug-likeness (QED) is 0.424. The van der Waals surface area contributed by atoms with Gasteiger partial charge in [0, 0.05) is 13.6 Å². The number of fused-ring (bicyclic) bond motifs is 2. The van der Waals surface area contributed by atoms with Crippen molar-refractivity contribution in [3.05, 3.63) is 67.0 Å². The fourth-order valence-electron chi connectivity index (χ4n) is 2.87. The summed E-state index contributed by atoms with van der Waals surface area (Å²) in [5.74, 6) is 1.46. The number of aromatic nitrogens is 4. The standard InChI is InChI=1S/C19H17N5/c1-3-12-24-17-11-7-5-9-15(17)22-19(24)20-13-18-21-14-8-4-6-10-16(14)23(18)2/h3-11,13H,1,12H2,2H3. The topological polar surface area (TPSA) is 48.0 Å². The van der Waals surface area contributed by atoms with E-state index in [1.54, 1.807) is 6.21 Å². The van der Waals surface area contributed by atoms with Crippen LogP contribution in [-0.2, 0) is 13.6 Å². The first-order chi connectivity index (χ1) is 11.8. The molecule has 0 saturated carbocycles. The van der Waals surface area contributed by atoms with E-state index in [1.165, 1.54) is 0 Å². The second-order valence-electron chi connectivity index (χ2n) is 5.58. The first-order valence-corrected chi connectivity index (χ1v) is 7.79. The largest absolute Gasteiger partial charge is 0.326 e. The molecule has 4 rings (SSSR count). The first-order valence-electron chi connectivity index (χ1n) is 7.79. The molecule has 118 valence electrons. The Bertz CT molecular complexity index is 1070. The van der Waals surface area contributed by atoms with Crippen molar-refractivity contribution in [1.82, 2.24) is 19.1 Å². The van der Waals surface area contributed by atoms with Crippen LogP contribution in [0.5, 0.6) is 0 Å². The van der Waals surface area contributed by atoms with Gasteiger partial charge in [-0.1, -0.05) is 30.3 Å². The van der Waals surface area contributed by atoms with E-state index in [0.29, 0.717) is 12.5 Å². The Labute approximate surface area is 139 Å². The monoisotopic (exact) mass is 315 g/mol. The maximum atomic E-state index is 4.61. The molecule has 2 aromatic heterocycles. The lowest BCUT2D eigenvalue weighted by Gasteiger charge is -2.02. The Balaban J connectivity index is 1.80. The van der Waals surface area contributed by atoms with Gasteiger partial charge in [-0.3, -0.25) is 0 Å². The van der Waals surface area contributed by atoms with Gasteiger partial charge in [-0.25, -0.2) is 15.0 Å². The minimum absolute atomic E-state index is 0.656. The van der Waals surface area contributed by atoms with Crippen LogP contribution in [0.2, 0.25) is 0 Å². The first kappa shape index (κ1) is 14.4. The number of para-hydroxylation sites is 4. The Morgan fingerprint density at radius 2 is 1.67 bits per heavy atom. The van der Waals surface area contributed by atoms with Crippen molar-refractivity contribution >= 4 is 34.2 Å². The van der Waals surface area contributed by atoms with E-state index in [4.69, 9.17) is 0 Å². The molecule has 2 heterocycles. The van der Waals surface area contributed by atoms with Crippen LogP contribution in [0.15, 0.2) is 66.2 Å². The lowest BCUT2D eigenvalue weighted by atomic mass is 10.3. The number of benzene rings is 2. The van der Waals surface area contributed by atoms with Crippen molar-refractivity contribution < 1.29 is 0 Å². The zero-order valence-corrected chi connectivity index (χ0v) is 13.4. The normalized spacial score (nSPS) is 11.7. The number of aliphatic imine (C=N–C) groups is 1. The summed E-state index contributed by atoms with van der Waals surface area (Å²) in [4.78, 5) is 13.8. The number of hydrogen-bond acceptors (Lipinski definition) is 3. The van der Waals surface area contributed by atoms with Gasteiger partial charge in [-0.15, -0.1) is 6.58 Å². The molecule has 0 unspecified atom stereocenters. The molecule has 0 saturated heterocycles. The Morgan fingerprint density at radius 3 is 2.38 bits per heavy atom. The predicted molar refractivity (Wildman–Crippen MR) is 97.9 cm³/mol. The van der Waals surface area contributed by atoms with Gasteiger partial charge in [0.25, 0.3) is 0 Å². The van der Waals surface area contributed by atoms with Crippen molar-refractivity contribution in [3.63, 3.8) is 0 Å². The Kier molecular flexibility index (Phi) is 3.46. The zero-order chi connectivity index (χ0) is 16.5. The molecule has 0 amide bonds. The van der Waals surface area contributed by atoms with Crippen LogP contribution in [0, 0.1) is 0 Å². The lowest BCUT2D eigenvalue weighted by Crippen LogP contribution is -1.98. The number of hydrogen-bond donors (Lipinski definition) is 0. The number of rotatable bonds is 4. The summed E-state index contributed by atoms with van der Waals surface area (Å²) in [6.45, 7) is 4.49. The SMILES string of the molecule is C=CCn1c(N=Cc2nc3ccccc3n2C)nc2ccccc21. The van der Waals surface area contributed by atoms with E-state index in [2.05, 4.69) is 21.5 Å². The van der Waals surface area contributed by atoms with Crippen molar-refractivity contribution in [2.45, 2.75) is 6.54 Å². The highest BCUT2D eigenvalue weighted by Crippen LogP contribution is 2.22. The van der Waals surface area contributed by atoms with Crippen LogP contribution in [0.25, 0.3) is 22.1 Å². The molecule has 0 aliphatic heterocycles. The zero-order valence-electron chi connectivity index (χ0n) is 13.4. The summed E-state index contributed by atoms with van der Waals surface area (Å²) in [5, 5.41) is 0. The Morgan fingerprint density at radius 1 is 1.00 bits per heavy atom. The summed E-state index contributed by atoms with van der Waals surface area (Å²) >= 11 is 0. The van der Waals surface area contributed by atoms with E-state index in [0.717, 1.165) is 27.9 Å². The van der Waals surface area contributed by atoms with Crippen LogP contribution in [0.3, 0.4) is 0 Å². The van der Waals surface area contributed by atoms with Gasteiger partial charge in [0.15, 0.2) is 5.82 Å². The third kappa shape index (κ3) is 2.31. The van der Waals surface area contributed by atoms with Crippen LogP contribution >= 0.6 is 0 Å². The third-order valence-corrected chi connectivity index (χ3v) is 4.06. The second kappa shape index (κ2) is 5.77. The minimum Gasteiger partial charge on any atom is -0.326 e. The minimum atomic E-state index is 0.656. The summed E-state index contributed by atoms with van der Waals surface area (Å²) in [5.41, 5.74) is 4.02. The smallest absolute Gasteiger partial charge is 0.230 e. The molecule has 0 spiro atoms. The van der Waals surface area contributed by atoms with Gasteiger partial charge in [-0.2, -0.15) is 0 Å². The van der Waals surface area contributed by atoms with Gasteiger partial charge < -0.3 is 9.13 Å². The van der Waals surface area contributed by atoms with Gasteiger partial charge in [0.05, 0.1) is 28.3 Å². The molecule has 0 aliphatic carbocycles. The molecule has 2 aromatic carbocycles. The summed E-state index contributed by atoms with van der Waals surface area (Å²) < 4.78 is 4.07. The number of imidazole rings is 2. The highest BCUT2D eigenvalue weighted by atomic mass is 15.2. The van der Waals surface area contributed by atoms with E-state index < -0.39 is 0 Å². The van der Waals surface area contributed by atoms with Crippen LogP contribution in [0.1, 0.15) is 5.82 Å². The molecular formula is C19H17N5. The number of aryl methyl sites for hydroxylation is 1. The maximum Gasteiger partial charge on any atom is 0.230 e. The average molecular weight is 315 g/mol. The highest BCUT2D eigenvalue weighted by molar-refractivity contribution is 5.86. The molecule has 24 heavy (non-hydrogen) atoms. The van der Waals surface area contributed by atoms with Crippen LogP contribution < -0.4 is 0 Å². The van der Waals surface area contributed by atoms with Crippen molar-refractivity contribution in [1.29, 1.82) is 0 Å². The summed E-state index contributed by atoms with van der Waals surface area (Å²) in [7, 11) is 1.99.